The van der Waals surface area contributed by atoms with Crippen LogP contribution in [0.1, 0.15) is 18.9 Å². The average Bonchev–Trinajstić information content (AvgIpc) is 2.64. The zero-order valence-electron chi connectivity index (χ0n) is 11.4. The molecule has 0 saturated carbocycles. The fraction of sp³-hybridized carbons (Fsp3) is 0.533. The molecule has 0 bridgehead atoms. The second-order valence-corrected chi connectivity index (χ2v) is 4.83. The summed E-state index contributed by atoms with van der Waals surface area (Å²) < 4.78 is 5.73. The van der Waals surface area contributed by atoms with E-state index in [0.29, 0.717) is 6.61 Å². The highest BCUT2D eigenvalue weighted by Crippen LogP contribution is 2.22. The van der Waals surface area contributed by atoms with Crippen LogP contribution in [0.15, 0.2) is 24.3 Å². The largest absolute Gasteiger partial charge is 0.492 e. The van der Waals surface area contributed by atoms with Crippen LogP contribution in [-0.4, -0.2) is 37.2 Å². The Morgan fingerprint density at radius 1 is 1.47 bits per heavy atom. The molecule has 1 N–H and O–H groups in total. The summed E-state index contributed by atoms with van der Waals surface area (Å²) in [6, 6.07) is 10.4. The second-order valence-electron chi connectivity index (χ2n) is 4.83. The molecule has 4 nitrogen and oxygen atoms in total. The van der Waals surface area contributed by atoms with Crippen LogP contribution in [0.25, 0.3) is 0 Å². The van der Waals surface area contributed by atoms with Crippen LogP contribution in [0.5, 0.6) is 5.75 Å². The molecule has 1 aliphatic heterocycles. The topological polar surface area (TPSA) is 48.3 Å². The van der Waals surface area contributed by atoms with Crippen LogP contribution < -0.4 is 10.1 Å². The minimum atomic E-state index is -0.106. The number of nitrogens with zero attached hydrogens (tertiary/aromatic N) is 2. The Bertz CT molecular complexity index is 441. The predicted octanol–water partition coefficient (Wildman–Crippen LogP) is 1.77. The van der Waals surface area contributed by atoms with E-state index in [-0.39, 0.29) is 6.04 Å². The smallest absolute Gasteiger partial charge is 0.123 e. The number of ether oxygens (including phenoxy) is 1. The molecule has 19 heavy (non-hydrogen) atoms. The van der Waals surface area contributed by atoms with Crippen molar-refractivity contribution in [2.24, 2.45) is 0 Å². The van der Waals surface area contributed by atoms with Crippen molar-refractivity contribution in [2.75, 3.05) is 26.2 Å². The Morgan fingerprint density at radius 3 is 3.11 bits per heavy atom. The average molecular weight is 259 g/mol. The molecule has 1 aromatic carbocycles. The Morgan fingerprint density at radius 2 is 2.32 bits per heavy atom. The predicted molar refractivity (Wildman–Crippen MR) is 74.9 cm³/mol. The van der Waals surface area contributed by atoms with E-state index in [1.54, 1.807) is 0 Å². The number of hydrogen-bond acceptors (Lipinski definition) is 4. The number of nitriles is 1. The third-order valence-corrected chi connectivity index (χ3v) is 3.27. The van der Waals surface area contributed by atoms with Gasteiger partial charge < -0.3 is 10.1 Å². The van der Waals surface area contributed by atoms with Crippen LogP contribution in [0, 0.1) is 11.3 Å². The van der Waals surface area contributed by atoms with Gasteiger partial charge in [-0.25, -0.2) is 0 Å². The number of para-hydroxylation sites is 1. The van der Waals surface area contributed by atoms with E-state index < -0.39 is 0 Å². The lowest BCUT2D eigenvalue weighted by molar-refractivity contribution is 0.216. The fourth-order valence-corrected chi connectivity index (χ4v) is 2.26. The molecule has 0 saturated heterocycles. The van der Waals surface area contributed by atoms with Crippen molar-refractivity contribution in [3.63, 3.8) is 0 Å². The summed E-state index contributed by atoms with van der Waals surface area (Å²) in [4.78, 5) is 2.28. The van der Waals surface area contributed by atoms with Gasteiger partial charge in [0.05, 0.1) is 6.07 Å². The van der Waals surface area contributed by atoms with Gasteiger partial charge in [-0.3, -0.25) is 4.90 Å². The van der Waals surface area contributed by atoms with Crippen molar-refractivity contribution >= 4 is 0 Å². The third-order valence-electron chi connectivity index (χ3n) is 3.27. The van der Waals surface area contributed by atoms with Crippen LogP contribution in [0.2, 0.25) is 0 Å². The lowest BCUT2D eigenvalue weighted by Crippen LogP contribution is -2.41. The van der Waals surface area contributed by atoms with E-state index in [0.717, 1.165) is 38.3 Å². The van der Waals surface area contributed by atoms with Gasteiger partial charge in [0.25, 0.3) is 0 Å². The monoisotopic (exact) mass is 259 g/mol. The minimum absolute atomic E-state index is 0.106. The summed E-state index contributed by atoms with van der Waals surface area (Å²) in [5.74, 6) is 0.972. The highest BCUT2D eigenvalue weighted by atomic mass is 16.5. The maximum atomic E-state index is 9.18. The van der Waals surface area contributed by atoms with E-state index >= 15 is 0 Å². The van der Waals surface area contributed by atoms with Crippen LogP contribution in [0.3, 0.4) is 0 Å². The molecule has 1 atom stereocenters. The highest BCUT2D eigenvalue weighted by molar-refractivity contribution is 5.33. The summed E-state index contributed by atoms with van der Waals surface area (Å²) in [5.41, 5.74) is 1.20. The highest BCUT2D eigenvalue weighted by Gasteiger charge is 2.18. The zero-order chi connectivity index (χ0) is 13.5. The Labute approximate surface area is 115 Å². The molecular formula is C15H21N3O. The molecular weight excluding hydrogens is 238 g/mol. The van der Waals surface area contributed by atoms with Gasteiger partial charge >= 0.3 is 0 Å². The maximum absolute atomic E-state index is 9.18. The molecule has 1 heterocycles. The third kappa shape index (κ3) is 3.95. The summed E-state index contributed by atoms with van der Waals surface area (Å²) in [6.07, 6.45) is 1.05. The maximum Gasteiger partial charge on any atom is 0.123 e. The number of benzene rings is 1. The quantitative estimate of drug-likeness (QED) is 0.875. The molecule has 0 aliphatic carbocycles. The molecule has 4 heteroatoms. The zero-order valence-corrected chi connectivity index (χ0v) is 11.4. The lowest BCUT2D eigenvalue weighted by atomic mass is 10.2. The van der Waals surface area contributed by atoms with Gasteiger partial charge in [0, 0.05) is 25.2 Å². The molecule has 0 fully saturated rings. The van der Waals surface area contributed by atoms with Gasteiger partial charge in [-0.2, -0.15) is 5.26 Å². The fourth-order valence-electron chi connectivity index (χ4n) is 2.26. The van der Waals surface area contributed by atoms with Crippen LogP contribution >= 0.6 is 0 Å². The van der Waals surface area contributed by atoms with Crippen molar-refractivity contribution in [3.8, 4) is 11.8 Å². The van der Waals surface area contributed by atoms with Crippen LogP contribution in [0.4, 0.5) is 0 Å². The SMILES string of the molecule is CCCNC(C#N)CN1CCOc2ccccc2C1. The van der Waals surface area contributed by atoms with Gasteiger partial charge in [0.1, 0.15) is 18.4 Å². The molecule has 1 unspecified atom stereocenters. The molecule has 0 aromatic heterocycles. The van der Waals surface area contributed by atoms with Gasteiger partial charge in [-0.15, -0.1) is 0 Å². The lowest BCUT2D eigenvalue weighted by Gasteiger charge is -2.22. The molecule has 1 aliphatic rings. The van der Waals surface area contributed by atoms with E-state index in [9.17, 15) is 5.26 Å². The minimum Gasteiger partial charge on any atom is -0.492 e. The molecule has 0 amide bonds. The van der Waals surface area contributed by atoms with Gasteiger partial charge in [0.15, 0.2) is 0 Å². The van der Waals surface area contributed by atoms with Gasteiger partial charge in [0.2, 0.25) is 0 Å². The first kappa shape index (κ1) is 13.9. The van der Waals surface area contributed by atoms with E-state index in [1.807, 2.05) is 18.2 Å². The molecule has 0 radical (unpaired) electrons. The Balaban J connectivity index is 1.96. The number of rotatable bonds is 5. The first-order valence-electron chi connectivity index (χ1n) is 6.89. The van der Waals surface area contributed by atoms with Crippen molar-refractivity contribution in [1.82, 2.24) is 10.2 Å². The van der Waals surface area contributed by atoms with Gasteiger partial charge in [-0.1, -0.05) is 25.1 Å². The summed E-state index contributed by atoms with van der Waals surface area (Å²) in [5, 5.41) is 12.4. The first-order valence-corrected chi connectivity index (χ1v) is 6.89. The van der Waals surface area contributed by atoms with E-state index in [4.69, 9.17) is 4.74 Å². The number of hydrogen-bond donors (Lipinski definition) is 1. The van der Waals surface area contributed by atoms with Gasteiger partial charge in [-0.05, 0) is 19.0 Å². The molecule has 0 spiro atoms. The Hall–Kier alpha value is -1.57. The van der Waals surface area contributed by atoms with Crippen molar-refractivity contribution in [1.29, 1.82) is 5.26 Å². The normalized spacial score (nSPS) is 16.8. The standard InChI is InChI=1S/C15H21N3O/c1-2-7-17-14(10-16)12-18-8-9-19-15-6-4-3-5-13(15)11-18/h3-6,14,17H,2,7-9,11-12H2,1H3. The van der Waals surface area contributed by atoms with Crippen molar-refractivity contribution in [3.05, 3.63) is 29.8 Å². The van der Waals surface area contributed by atoms with E-state index in [2.05, 4.69) is 29.3 Å². The van der Waals surface area contributed by atoms with Crippen molar-refractivity contribution < 1.29 is 4.74 Å². The van der Waals surface area contributed by atoms with Crippen molar-refractivity contribution in [2.45, 2.75) is 25.9 Å². The molecule has 2 rings (SSSR count). The molecule has 102 valence electrons. The first-order chi connectivity index (χ1) is 9.33. The number of fused-ring (bicyclic) bond motifs is 1. The Kier molecular flexibility index (Phi) is 5.20. The molecule has 1 aromatic rings. The van der Waals surface area contributed by atoms with E-state index in [1.165, 1.54) is 5.56 Å². The summed E-state index contributed by atoms with van der Waals surface area (Å²) >= 11 is 0. The summed E-state index contributed by atoms with van der Waals surface area (Å²) in [7, 11) is 0. The summed E-state index contributed by atoms with van der Waals surface area (Å²) in [6.45, 7) is 6.14. The van der Waals surface area contributed by atoms with Crippen LogP contribution in [-0.2, 0) is 6.54 Å². The second kappa shape index (κ2) is 7.13. The number of nitrogens with one attached hydrogen (secondary N) is 1.